The van der Waals surface area contributed by atoms with E-state index in [-0.39, 0.29) is 6.01 Å². The maximum atomic E-state index is 5.91. The van der Waals surface area contributed by atoms with Gasteiger partial charge in [0.2, 0.25) is 0 Å². The van der Waals surface area contributed by atoms with E-state index in [1.807, 2.05) is 11.5 Å². The van der Waals surface area contributed by atoms with Crippen molar-refractivity contribution in [2.45, 2.75) is 13.5 Å². The molecule has 0 saturated heterocycles. The number of nitrogens with zero attached hydrogens (tertiary/aromatic N) is 3. The van der Waals surface area contributed by atoms with E-state index in [1.165, 1.54) is 6.20 Å². The summed E-state index contributed by atoms with van der Waals surface area (Å²) in [5.41, 5.74) is 6.08. The van der Waals surface area contributed by atoms with Crippen molar-refractivity contribution < 1.29 is 4.42 Å². The van der Waals surface area contributed by atoms with Crippen LogP contribution in [0, 0.1) is 0 Å². The van der Waals surface area contributed by atoms with E-state index in [2.05, 4.69) is 9.97 Å². The first kappa shape index (κ1) is 9.08. The summed E-state index contributed by atoms with van der Waals surface area (Å²) in [6, 6.07) is 0.125. The molecular weight excluding hydrogens is 204 g/mol. The monoisotopic (exact) mass is 212 g/mol. The topological polar surface area (TPSA) is 69.9 Å². The first-order valence-electron chi connectivity index (χ1n) is 4.14. The summed E-state index contributed by atoms with van der Waals surface area (Å²) in [6.07, 6.45) is 3.18. The summed E-state index contributed by atoms with van der Waals surface area (Å²) in [6.45, 7) is 2.75. The second kappa shape index (κ2) is 3.34. The first-order valence-corrected chi connectivity index (χ1v) is 4.52. The van der Waals surface area contributed by atoms with Crippen LogP contribution in [0.5, 0.6) is 0 Å². The second-order valence-corrected chi connectivity index (χ2v) is 3.09. The Labute approximate surface area is 85.5 Å². The highest BCUT2D eigenvalue weighted by molar-refractivity contribution is 6.31. The molecule has 14 heavy (non-hydrogen) atoms. The lowest BCUT2D eigenvalue weighted by molar-refractivity contribution is 0.586. The van der Waals surface area contributed by atoms with Crippen molar-refractivity contribution in [2.75, 3.05) is 5.73 Å². The molecule has 0 amide bonds. The molecule has 0 aliphatic heterocycles. The van der Waals surface area contributed by atoms with E-state index in [0.717, 1.165) is 6.54 Å². The van der Waals surface area contributed by atoms with Gasteiger partial charge in [0.05, 0.1) is 12.5 Å². The van der Waals surface area contributed by atoms with E-state index in [4.69, 9.17) is 21.8 Å². The molecule has 74 valence electrons. The molecule has 0 fully saturated rings. The van der Waals surface area contributed by atoms with Crippen molar-refractivity contribution in [3.05, 3.63) is 17.7 Å². The van der Waals surface area contributed by atoms with Crippen molar-refractivity contribution in [1.82, 2.24) is 14.5 Å². The zero-order valence-corrected chi connectivity index (χ0v) is 8.32. The minimum absolute atomic E-state index is 0.125. The Morgan fingerprint density at radius 1 is 1.57 bits per heavy atom. The number of anilines is 1. The lowest BCUT2D eigenvalue weighted by Crippen LogP contribution is -1.94. The molecule has 6 heteroatoms. The van der Waals surface area contributed by atoms with Gasteiger partial charge >= 0.3 is 0 Å². The van der Waals surface area contributed by atoms with Gasteiger partial charge in [0, 0.05) is 6.54 Å². The third-order valence-corrected chi connectivity index (χ3v) is 2.17. The number of hydrogen-bond donors (Lipinski definition) is 1. The van der Waals surface area contributed by atoms with Crippen molar-refractivity contribution in [1.29, 1.82) is 0 Å². The zero-order chi connectivity index (χ0) is 10.1. The number of aromatic nitrogens is 3. The summed E-state index contributed by atoms with van der Waals surface area (Å²) in [5.74, 6) is 0.534. The largest absolute Gasteiger partial charge is 0.422 e. The summed E-state index contributed by atoms with van der Waals surface area (Å²) in [7, 11) is 0. The lowest BCUT2D eigenvalue weighted by atomic mass is 10.4. The van der Waals surface area contributed by atoms with Crippen molar-refractivity contribution in [3.8, 4) is 11.5 Å². The number of nitrogens with two attached hydrogens (primary N) is 1. The number of rotatable bonds is 2. The molecule has 2 rings (SSSR count). The van der Waals surface area contributed by atoms with Crippen LogP contribution in [0.25, 0.3) is 11.5 Å². The van der Waals surface area contributed by atoms with Gasteiger partial charge in [0.1, 0.15) is 5.69 Å². The van der Waals surface area contributed by atoms with Crippen LogP contribution in [-0.4, -0.2) is 14.5 Å². The molecule has 2 aromatic rings. The first-order chi connectivity index (χ1) is 6.72. The van der Waals surface area contributed by atoms with Gasteiger partial charge in [-0.15, -0.1) is 0 Å². The number of nitrogen functional groups attached to an aromatic ring is 1. The smallest absolute Gasteiger partial charge is 0.292 e. The fraction of sp³-hybridized carbons (Fsp3) is 0.250. The van der Waals surface area contributed by atoms with Crippen LogP contribution >= 0.6 is 11.6 Å². The van der Waals surface area contributed by atoms with Crippen molar-refractivity contribution >= 4 is 17.6 Å². The molecule has 0 aliphatic rings. The van der Waals surface area contributed by atoms with Crippen LogP contribution in [0.4, 0.5) is 6.01 Å². The van der Waals surface area contributed by atoms with Crippen molar-refractivity contribution in [2.24, 2.45) is 0 Å². The minimum atomic E-state index is 0.125. The van der Waals surface area contributed by atoms with E-state index < -0.39 is 0 Å². The molecule has 2 N–H and O–H groups in total. The van der Waals surface area contributed by atoms with Gasteiger partial charge in [-0.05, 0) is 6.92 Å². The molecule has 0 aromatic carbocycles. The maximum Gasteiger partial charge on any atom is 0.292 e. The molecule has 0 spiro atoms. The Bertz CT molecular complexity index is 448. The number of hydrogen-bond acceptors (Lipinski definition) is 4. The maximum absolute atomic E-state index is 5.91. The Hall–Kier alpha value is -1.49. The molecule has 0 unspecified atom stereocenters. The molecule has 0 saturated carbocycles. The fourth-order valence-corrected chi connectivity index (χ4v) is 1.48. The molecule has 2 heterocycles. The number of halogens is 1. The SMILES string of the molecule is CCn1cnc(Cl)c1-c1cnc(N)o1. The van der Waals surface area contributed by atoms with E-state index in [1.54, 1.807) is 6.33 Å². The molecule has 0 radical (unpaired) electrons. The van der Waals surface area contributed by atoms with Crippen LogP contribution in [-0.2, 0) is 6.54 Å². The van der Waals surface area contributed by atoms with E-state index >= 15 is 0 Å². The normalized spacial score (nSPS) is 10.7. The van der Waals surface area contributed by atoms with E-state index in [0.29, 0.717) is 16.6 Å². The van der Waals surface area contributed by atoms with Crippen LogP contribution < -0.4 is 5.73 Å². The number of aryl methyl sites for hydroxylation is 1. The molecular formula is C8H9ClN4O. The lowest BCUT2D eigenvalue weighted by Gasteiger charge is -2.00. The Balaban J connectivity index is 2.54. The molecule has 5 nitrogen and oxygen atoms in total. The second-order valence-electron chi connectivity index (χ2n) is 2.73. The average Bonchev–Trinajstić information content (AvgIpc) is 2.71. The quantitative estimate of drug-likeness (QED) is 0.824. The Morgan fingerprint density at radius 2 is 2.36 bits per heavy atom. The van der Waals surface area contributed by atoms with Crippen LogP contribution in [0.1, 0.15) is 6.92 Å². The highest BCUT2D eigenvalue weighted by Gasteiger charge is 2.14. The highest BCUT2D eigenvalue weighted by atomic mass is 35.5. The predicted molar refractivity (Wildman–Crippen MR) is 52.8 cm³/mol. The fourth-order valence-electron chi connectivity index (χ4n) is 1.24. The van der Waals surface area contributed by atoms with Crippen LogP contribution in [0.2, 0.25) is 5.15 Å². The van der Waals surface area contributed by atoms with Gasteiger partial charge in [-0.3, -0.25) is 0 Å². The van der Waals surface area contributed by atoms with Gasteiger partial charge in [-0.2, -0.15) is 0 Å². The average molecular weight is 213 g/mol. The van der Waals surface area contributed by atoms with Gasteiger partial charge < -0.3 is 14.7 Å². The molecule has 0 atom stereocenters. The summed E-state index contributed by atoms with van der Waals surface area (Å²) in [4.78, 5) is 7.77. The number of oxazole rings is 1. The van der Waals surface area contributed by atoms with Gasteiger partial charge in [-0.1, -0.05) is 11.6 Å². The minimum Gasteiger partial charge on any atom is -0.422 e. The summed E-state index contributed by atoms with van der Waals surface area (Å²) in [5, 5.41) is 0.392. The third kappa shape index (κ3) is 1.35. The Kier molecular flexibility index (Phi) is 2.17. The molecule has 0 bridgehead atoms. The molecule has 0 aliphatic carbocycles. The Morgan fingerprint density at radius 3 is 2.93 bits per heavy atom. The number of imidazole rings is 1. The van der Waals surface area contributed by atoms with E-state index in [9.17, 15) is 0 Å². The third-order valence-electron chi connectivity index (χ3n) is 1.89. The van der Waals surface area contributed by atoms with Gasteiger partial charge in [0.25, 0.3) is 6.01 Å². The van der Waals surface area contributed by atoms with Crippen LogP contribution in [0.3, 0.4) is 0 Å². The zero-order valence-electron chi connectivity index (χ0n) is 7.57. The van der Waals surface area contributed by atoms with Gasteiger partial charge in [0.15, 0.2) is 10.9 Å². The summed E-state index contributed by atoms with van der Waals surface area (Å²) < 4.78 is 7.04. The van der Waals surface area contributed by atoms with Crippen LogP contribution in [0.15, 0.2) is 16.9 Å². The standard InChI is InChI=1S/C8H9ClN4O/c1-2-13-4-12-7(9)6(13)5-3-11-8(10)14-5/h3-4H,2H2,1H3,(H2,10,11). The van der Waals surface area contributed by atoms with Crippen molar-refractivity contribution in [3.63, 3.8) is 0 Å². The summed E-state index contributed by atoms with van der Waals surface area (Å²) >= 11 is 5.91. The highest BCUT2D eigenvalue weighted by Crippen LogP contribution is 2.27. The van der Waals surface area contributed by atoms with Gasteiger partial charge in [-0.25, -0.2) is 9.97 Å². The molecule has 2 aromatic heterocycles. The predicted octanol–water partition coefficient (Wildman–Crippen LogP) is 1.79.